The van der Waals surface area contributed by atoms with Gasteiger partial charge in [0.15, 0.2) is 0 Å². The van der Waals surface area contributed by atoms with E-state index < -0.39 is 0 Å². The molecular weight excluding hydrogens is 432 g/mol. The molecule has 0 atom stereocenters. The minimum atomic E-state index is 1.14. The molecule has 0 aliphatic heterocycles. The van der Waals surface area contributed by atoms with Crippen molar-refractivity contribution in [2.24, 2.45) is 0 Å². The van der Waals surface area contributed by atoms with Gasteiger partial charge in [0, 0.05) is 0 Å². The van der Waals surface area contributed by atoms with Crippen molar-refractivity contribution in [2.75, 3.05) is 0 Å². The molecule has 179 valence electrons. The molecule has 0 unspecified atom stereocenters. The van der Waals surface area contributed by atoms with E-state index in [1.54, 1.807) is 0 Å². The van der Waals surface area contributed by atoms with Crippen LogP contribution in [0.3, 0.4) is 0 Å². The van der Waals surface area contributed by atoms with Crippen LogP contribution in [0.2, 0.25) is 0 Å². The van der Waals surface area contributed by atoms with Crippen LogP contribution in [0.1, 0.15) is 33.4 Å². The Kier molecular flexibility index (Phi) is 15.3. The van der Waals surface area contributed by atoms with Gasteiger partial charge >= 0.3 is 0 Å². The molecule has 0 amide bonds. The van der Waals surface area contributed by atoms with E-state index in [0.717, 1.165) is 33.4 Å². The van der Waals surface area contributed by atoms with Crippen molar-refractivity contribution in [3.63, 3.8) is 0 Å². The Balaban J connectivity index is 0.000000244. The van der Waals surface area contributed by atoms with Crippen molar-refractivity contribution in [1.29, 1.82) is 0 Å². The average molecular weight is 468 g/mol. The molecule has 0 saturated heterocycles. The highest BCUT2D eigenvalue weighted by Gasteiger charge is 1.89. The molecule has 4 aromatic carbocycles. The predicted octanol–water partition coefficient (Wildman–Crippen LogP) is 10.4. The van der Waals surface area contributed by atoms with Crippen LogP contribution >= 0.6 is 0 Å². The Labute approximate surface area is 218 Å². The molecule has 0 fully saturated rings. The fourth-order valence-corrected chi connectivity index (χ4v) is 2.81. The van der Waals surface area contributed by atoms with Crippen LogP contribution in [0.4, 0.5) is 0 Å². The van der Waals surface area contributed by atoms with E-state index in [4.69, 9.17) is 0 Å². The second-order valence-electron chi connectivity index (χ2n) is 7.27. The van der Waals surface area contributed by atoms with Crippen LogP contribution in [-0.2, 0) is 0 Å². The molecule has 0 heterocycles. The topological polar surface area (TPSA) is 0 Å². The summed E-state index contributed by atoms with van der Waals surface area (Å²) in [5, 5.41) is 0. The molecule has 0 aliphatic rings. The standard InChI is InChI=1S/3C10H10.C6H5/c1-3-9-5-7-10(4-2)8-6-9;1-3-9-6-5-7-10(4-2)8-9;1-3-9-7-5-6-8-10(9)4-2;1-2-4-6-5-3-1/h3*3-8H,1-2H2;1-5H. The van der Waals surface area contributed by atoms with Gasteiger partial charge in [-0.3, -0.25) is 0 Å². The van der Waals surface area contributed by atoms with E-state index >= 15 is 0 Å². The van der Waals surface area contributed by atoms with Gasteiger partial charge in [0.25, 0.3) is 0 Å². The monoisotopic (exact) mass is 467 g/mol. The Bertz CT molecular complexity index is 1100. The third-order valence-corrected chi connectivity index (χ3v) is 4.83. The van der Waals surface area contributed by atoms with Crippen LogP contribution in [-0.4, -0.2) is 0 Å². The summed E-state index contributed by atoms with van der Waals surface area (Å²) in [6, 6.07) is 36.7. The molecule has 1 radical (unpaired) electrons. The van der Waals surface area contributed by atoms with Gasteiger partial charge in [-0.2, -0.15) is 0 Å². The summed E-state index contributed by atoms with van der Waals surface area (Å²) < 4.78 is 0. The molecule has 0 spiro atoms. The SMILES string of the molecule is C=Cc1ccc(C=C)cc1.C=Cc1cccc(C=C)c1.C=Cc1ccccc1C=C.[c]1ccccc1. The number of hydrogen-bond donors (Lipinski definition) is 0. The van der Waals surface area contributed by atoms with Crippen molar-refractivity contribution < 1.29 is 0 Å². The van der Waals surface area contributed by atoms with Crippen LogP contribution in [0.5, 0.6) is 0 Å². The lowest BCUT2D eigenvalue weighted by Gasteiger charge is -1.96. The van der Waals surface area contributed by atoms with Gasteiger partial charge in [0.1, 0.15) is 0 Å². The van der Waals surface area contributed by atoms with E-state index in [1.807, 2.05) is 140 Å². The van der Waals surface area contributed by atoms with Crippen LogP contribution in [0.25, 0.3) is 36.5 Å². The van der Waals surface area contributed by atoms with E-state index in [-0.39, 0.29) is 0 Å². The van der Waals surface area contributed by atoms with Crippen molar-refractivity contribution in [1.82, 2.24) is 0 Å². The predicted molar refractivity (Wildman–Crippen MR) is 165 cm³/mol. The summed E-state index contributed by atoms with van der Waals surface area (Å²) in [6.45, 7) is 22.0. The summed E-state index contributed by atoms with van der Waals surface area (Å²) >= 11 is 0. The molecule has 0 aliphatic carbocycles. The summed E-state index contributed by atoms with van der Waals surface area (Å²) in [5.41, 5.74) is 6.83. The maximum absolute atomic E-state index is 3.69. The lowest BCUT2D eigenvalue weighted by atomic mass is 10.1. The van der Waals surface area contributed by atoms with E-state index in [1.165, 1.54) is 0 Å². The first kappa shape index (κ1) is 29.4. The zero-order valence-corrected chi connectivity index (χ0v) is 21.0. The van der Waals surface area contributed by atoms with Gasteiger partial charge < -0.3 is 0 Å². The Morgan fingerprint density at radius 2 is 0.806 bits per heavy atom. The zero-order chi connectivity index (χ0) is 26.4. The Morgan fingerprint density at radius 1 is 0.389 bits per heavy atom. The third-order valence-electron chi connectivity index (χ3n) is 4.83. The fourth-order valence-electron chi connectivity index (χ4n) is 2.81. The normalized spacial score (nSPS) is 8.67. The quantitative estimate of drug-likeness (QED) is 0.264. The molecule has 4 rings (SSSR count). The summed E-state index contributed by atoms with van der Waals surface area (Å²) in [6.07, 6.45) is 11.0. The second kappa shape index (κ2) is 18.7. The van der Waals surface area contributed by atoms with Crippen LogP contribution in [0.15, 0.2) is 143 Å². The molecule has 4 aromatic rings. The molecule has 0 bridgehead atoms. The lowest BCUT2D eigenvalue weighted by Crippen LogP contribution is -1.76. The highest BCUT2D eigenvalue weighted by atomic mass is 13.9. The van der Waals surface area contributed by atoms with Crippen molar-refractivity contribution in [3.8, 4) is 0 Å². The number of hydrogen-bond acceptors (Lipinski definition) is 0. The molecule has 0 saturated carbocycles. The highest BCUT2D eigenvalue weighted by Crippen LogP contribution is 2.10. The van der Waals surface area contributed by atoms with Gasteiger partial charge in [0.2, 0.25) is 0 Å². The van der Waals surface area contributed by atoms with Crippen molar-refractivity contribution >= 4 is 36.5 Å². The lowest BCUT2D eigenvalue weighted by molar-refractivity contribution is 1.62. The molecule has 0 aromatic heterocycles. The highest BCUT2D eigenvalue weighted by molar-refractivity contribution is 5.63. The van der Waals surface area contributed by atoms with Gasteiger partial charge in [-0.15, -0.1) is 0 Å². The first-order valence-electron chi connectivity index (χ1n) is 11.6. The van der Waals surface area contributed by atoms with E-state index in [2.05, 4.69) is 45.5 Å². The Morgan fingerprint density at radius 3 is 1.08 bits per heavy atom. The van der Waals surface area contributed by atoms with Crippen LogP contribution in [0, 0.1) is 6.07 Å². The summed E-state index contributed by atoms with van der Waals surface area (Å²) in [7, 11) is 0. The maximum Gasteiger partial charge on any atom is -0.0184 e. The maximum atomic E-state index is 3.69. The van der Waals surface area contributed by atoms with Crippen molar-refractivity contribution in [2.45, 2.75) is 0 Å². The van der Waals surface area contributed by atoms with Gasteiger partial charge in [-0.1, -0.05) is 173 Å². The molecule has 0 heteroatoms. The minimum Gasteiger partial charge on any atom is -0.0985 e. The number of benzene rings is 4. The smallest absolute Gasteiger partial charge is 0.0184 e. The number of rotatable bonds is 6. The molecule has 0 N–H and O–H groups in total. The summed E-state index contributed by atoms with van der Waals surface area (Å²) in [4.78, 5) is 0. The second-order valence-corrected chi connectivity index (χ2v) is 7.27. The minimum absolute atomic E-state index is 1.14. The third kappa shape index (κ3) is 12.0. The van der Waals surface area contributed by atoms with E-state index in [9.17, 15) is 0 Å². The first-order valence-corrected chi connectivity index (χ1v) is 11.6. The van der Waals surface area contributed by atoms with Crippen LogP contribution < -0.4 is 0 Å². The Hall–Kier alpha value is -4.68. The van der Waals surface area contributed by atoms with Crippen molar-refractivity contribution in [3.05, 3.63) is 182 Å². The molecule has 36 heavy (non-hydrogen) atoms. The largest absolute Gasteiger partial charge is 0.0985 e. The molecule has 0 nitrogen and oxygen atoms in total. The summed E-state index contributed by atoms with van der Waals surface area (Å²) in [5.74, 6) is 0. The zero-order valence-electron chi connectivity index (χ0n) is 21.0. The fraction of sp³-hybridized carbons (Fsp3) is 0. The first-order chi connectivity index (χ1) is 17.6. The van der Waals surface area contributed by atoms with Gasteiger partial charge in [-0.25, -0.2) is 0 Å². The van der Waals surface area contributed by atoms with Gasteiger partial charge in [0.05, 0.1) is 0 Å². The average Bonchev–Trinajstić information content (AvgIpc) is 2.99. The van der Waals surface area contributed by atoms with Gasteiger partial charge in [-0.05, 0) is 45.5 Å². The molecular formula is C36H35. The van der Waals surface area contributed by atoms with E-state index in [0.29, 0.717) is 0 Å².